The summed E-state index contributed by atoms with van der Waals surface area (Å²) in [5, 5.41) is 3.25. The highest BCUT2D eigenvalue weighted by molar-refractivity contribution is 9.10. The number of unbranched alkanes of at least 4 members (excludes halogenated alkanes) is 1. The van der Waals surface area contributed by atoms with Crippen LogP contribution in [-0.4, -0.2) is 19.7 Å². The van der Waals surface area contributed by atoms with E-state index in [1.807, 2.05) is 0 Å². The van der Waals surface area contributed by atoms with Gasteiger partial charge in [0, 0.05) is 12.6 Å². The van der Waals surface area contributed by atoms with Crippen LogP contribution in [0.15, 0.2) is 22.7 Å². The van der Waals surface area contributed by atoms with Crippen molar-refractivity contribution in [2.24, 2.45) is 0 Å². The van der Waals surface area contributed by atoms with Gasteiger partial charge in [-0.2, -0.15) is 0 Å². The second-order valence-electron chi connectivity index (χ2n) is 3.53. The van der Waals surface area contributed by atoms with Crippen molar-refractivity contribution in [2.45, 2.75) is 19.8 Å². The zero-order valence-corrected chi connectivity index (χ0v) is 11.0. The van der Waals surface area contributed by atoms with Gasteiger partial charge in [-0.1, -0.05) is 13.3 Å². The van der Waals surface area contributed by atoms with E-state index in [4.69, 9.17) is 4.74 Å². The molecule has 0 fully saturated rings. The highest BCUT2D eigenvalue weighted by Crippen LogP contribution is 2.20. The fourth-order valence-electron chi connectivity index (χ4n) is 1.23. The topological polar surface area (TPSA) is 21.3 Å². The van der Waals surface area contributed by atoms with Crippen LogP contribution in [0.5, 0.6) is 5.75 Å². The molecule has 1 N–H and O–H groups in total. The summed E-state index contributed by atoms with van der Waals surface area (Å²) >= 11 is 3.10. The smallest absolute Gasteiger partial charge is 0.141 e. The lowest BCUT2D eigenvalue weighted by molar-refractivity contribution is 0.312. The van der Waals surface area contributed by atoms with Crippen molar-refractivity contribution >= 4 is 15.9 Å². The number of ether oxygens (including phenoxy) is 1. The van der Waals surface area contributed by atoms with E-state index in [0.29, 0.717) is 16.8 Å². The van der Waals surface area contributed by atoms with Crippen molar-refractivity contribution in [3.63, 3.8) is 0 Å². The number of hydrogen-bond donors (Lipinski definition) is 1. The molecule has 1 rings (SSSR count). The van der Waals surface area contributed by atoms with Crippen LogP contribution in [0.3, 0.4) is 0 Å². The fraction of sp³-hybridized carbons (Fsp3) is 0.500. The van der Waals surface area contributed by atoms with Gasteiger partial charge >= 0.3 is 0 Å². The molecule has 90 valence electrons. The Balaban J connectivity index is 2.19. The molecule has 0 aromatic heterocycles. The highest BCUT2D eigenvalue weighted by Gasteiger charge is 2.00. The van der Waals surface area contributed by atoms with Gasteiger partial charge in [0.1, 0.15) is 18.2 Å². The SMILES string of the molecule is CCCCNCCOc1ccc(Br)c(F)c1. The van der Waals surface area contributed by atoms with Crippen LogP contribution in [0.4, 0.5) is 4.39 Å². The Hall–Kier alpha value is -0.610. The summed E-state index contributed by atoms with van der Waals surface area (Å²) in [6, 6.07) is 4.78. The van der Waals surface area contributed by atoms with E-state index < -0.39 is 0 Å². The third kappa shape index (κ3) is 4.94. The molecule has 0 unspecified atom stereocenters. The monoisotopic (exact) mass is 289 g/mol. The van der Waals surface area contributed by atoms with Gasteiger partial charge in [0.05, 0.1) is 4.47 Å². The van der Waals surface area contributed by atoms with Crippen LogP contribution in [-0.2, 0) is 0 Å². The zero-order chi connectivity index (χ0) is 11.8. The molecule has 0 radical (unpaired) electrons. The van der Waals surface area contributed by atoms with Gasteiger partial charge in [-0.15, -0.1) is 0 Å². The maximum Gasteiger partial charge on any atom is 0.141 e. The number of benzene rings is 1. The Bertz CT molecular complexity index is 320. The maximum atomic E-state index is 13.1. The molecular weight excluding hydrogens is 273 g/mol. The van der Waals surface area contributed by atoms with Crippen LogP contribution in [0.2, 0.25) is 0 Å². The van der Waals surface area contributed by atoms with E-state index in [1.54, 1.807) is 12.1 Å². The van der Waals surface area contributed by atoms with Gasteiger partial charge in [0.2, 0.25) is 0 Å². The molecular formula is C12H17BrFNO. The molecule has 1 aromatic rings. The Morgan fingerprint density at radius 1 is 1.38 bits per heavy atom. The summed E-state index contributed by atoms with van der Waals surface area (Å²) in [7, 11) is 0. The van der Waals surface area contributed by atoms with E-state index >= 15 is 0 Å². The summed E-state index contributed by atoms with van der Waals surface area (Å²) < 4.78 is 19.0. The van der Waals surface area contributed by atoms with Gasteiger partial charge in [-0.05, 0) is 41.0 Å². The van der Waals surface area contributed by atoms with E-state index in [-0.39, 0.29) is 5.82 Å². The van der Waals surface area contributed by atoms with Crippen molar-refractivity contribution in [2.75, 3.05) is 19.7 Å². The molecule has 0 amide bonds. The first-order valence-electron chi connectivity index (χ1n) is 5.52. The Labute approximate surface area is 104 Å². The molecule has 0 atom stereocenters. The molecule has 0 spiro atoms. The van der Waals surface area contributed by atoms with Crippen LogP contribution in [0.25, 0.3) is 0 Å². The van der Waals surface area contributed by atoms with Crippen molar-refractivity contribution in [3.8, 4) is 5.75 Å². The molecule has 4 heteroatoms. The van der Waals surface area contributed by atoms with Crippen LogP contribution >= 0.6 is 15.9 Å². The van der Waals surface area contributed by atoms with E-state index in [2.05, 4.69) is 28.2 Å². The molecule has 1 aromatic carbocycles. The van der Waals surface area contributed by atoms with Crippen molar-refractivity contribution in [1.29, 1.82) is 0 Å². The molecule has 2 nitrogen and oxygen atoms in total. The van der Waals surface area contributed by atoms with Gasteiger partial charge in [0.25, 0.3) is 0 Å². The fourth-order valence-corrected chi connectivity index (χ4v) is 1.48. The molecule has 0 heterocycles. The normalized spacial score (nSPS) is 10.4. The third-order valence-corrected chi connectivity index (χ3v) is 2.79. The highest BCUT2D eigenvalue weighted by atomic mass is 79.9. The summed E-state index contributed by atoms with van der Waals surface area (Å²) in [5.74, 6) is 0.273. The lowest BCUT2D eigenvalue weighted by atomic mass is 10.3. The second kappa shape index (κ2) is 7.63. The lowest BCUT2D eigenvalue weighted by Gasteiger charge is -2.07. The maximum absolute atomic E-state index is 13.1. The Morgan fingerprint density at radius 3 is 2.88 bits per heavy atom. The van der Waals surface area contributed by atoms with Crippen molar-refractivity contribution in [1.82, 2.24) is 5.32 Å². The van der Waals surface area contributed by atoms with Gasteiger partial charge in [-0.3, -0.25) is 0 Å². The minimum absolute atomic E-state index is 0.295. The van der Waals surface area contributed by atoms with Gasteiger partial charge in [0.15, 0.2) is 0 Å². The predicted octanol–water partition coefficient (Wildman–Crippen LogP) is 3.36. The first-order chi connectivity index (χ1) is 7.74. The molecule has 0 saturated carbocycles. The number of hydrogen-bond acceptors (Lipinski definition) is 2. The molecule has 0 aliphatic heterocycles. The minimum atomic E-state index is -0.295. The standard InChI is InChI=1S/C12H17BrFNO/c1-2-3-6-15-7-8-16-10-4-5-11(13)12(14)9-10/h4-5,9,15H,2-3,6-8H2,1H3. The number of halogens is 2. The van der Waals surface area contributed by atoms with Crippen LogP contribution in [0.1, 0.15) is 19.8 Å². The van der Waals surface area contributed by atoms with E-state index in [1.165, 1.54) is 18.9 Å². The average Bonchev–Trinajstić information content (AvgIpc) is 2.28. The molecule has 0 bridgehead atoms. The molecule has 0 saturated heterocycles. The van der Waals surface area contributed by atoms with E-state index in [9.17, 15) is 4.39 Å². The number of nitrogens with one attached hydrogen (secondary N) is 1. The predicted molar refractivity (Wildman–Crippen MR) is 67.4 cm³/mol. The van der Waals surface area contributed by atoms with E-state index in [0.717, 1.165) is 13.1 Å². The van der Waals surface area contributed by atoms with Crippen LogP contribution in [0, 0.1) is 5.82 Å². The Morgan fingerprint density at radius 2 is 2.19 bits per heavy atom. The second-order valence-corrected chi connectivity index (χ2v) is 4.38. The third-order valence-electron chi connectivity index (χ3n) is 2.15. The average molecular weight is 290 g/mol. The summed E-state index contributed by atoms with van der Waals surface area (Å²) in [4.78, 5) is 0. The number of rotatable bonds is 7. The first-order valence-corrected chi connectivity index (χ1v) is 6.32. The van der Waals surface area contributed by atoms with Crippen LogP contribution < -0.4 is 10.1 Å². The van der Waals surface area contributed by atoms with Crippen molar-refractivity contribution in [3.05, 3.63) is 28.5 Å². The quantitative estimate of drug-likeness (QED) is 0.777. The summed E-state index contributed by atoms with van der Waals surface area (Å²) in [6.07, 6.45) is 2.36. The molecule has 0 aliphatic carbocycles. The lowest BCUT2D eigenvalue weighted by Crippen LogP contribution is -2.21. The van der Waals surface area contributed by atoms with Gasteiger partial charge in [-0.25, -0.2) is 4.39 Å². The zero-order valence-electron chi connectivity index (χ0n) is 9.43. The van der Waals surface area contributed by atoms with Crippen molar-refractivity contribution < 1.29 is 9.13 Å². The summed E-state index contributed by atoms with van der Waals surface area (Å²) in [5.41, 5.74) is 0. The molecule has 16 heavy (non-hydrogen) atoms. The minimum Gasteiger partial charge on any atom is -0.492 e. The summed E-state index contributed by atoms with van der Waals surface area (Å²) in [6.45, 7) is 4.51. The van der Waals surface area contributed by atoms with Gasteiger partial charge < -0.3 is 10.1 Å². The largest absolute Gasteiger partial charge is 0.492 e. The molecule has 0 aliphatic rings. The first kappa shape index (κ1) is 13.5. The Kier molecular flexibility index (Phi) is 6.42.